The molecule has 1 aliphatic rings. The number of ether oxygens (including phenoxy) is 1. The zero-order valence-electron chi connectivity index (χ0n) is 7.91. The maximum atomic E-state index is 11.3. The molecule has 0 unspecified atom stereocenters. The van der Waals surface area contributed by atoms with Gasteiger partial charge in [0.1, 0.15) is 0 Å². The Morgan fingerprint density at radius 2 is 2.00 bits per heavy atom. The highest BCUT2D eigenvalue weighted by Crippen LogP contribution is 2.26. The van der Waals surface area contributed by atoms with Crippen LogP contribution in [0.4, 0.5) is 0 Å². The average Bonchev–Trinajstić information content (AvgIpc) is 2.45. The second-order valence-electron chi connectivity index (χ2n) is 3.23. The third-order valence-corrected chi connectivity index (χ3v) is 2.65. The standard InChI is InChI=1S/C11H7BrO3/c1-6-4-7(12)2-3-8(6)9-5-10(13)15-11(9)14/h2-5H,1H3. The molecule has 1 heterocycles. The van der Waals surface area contributed by atoms with E-state index in [4.69, 9.17) is 0 Å². The van der Waals surface area contributed by atoms with E-state index in [-0.39, 0.29) is 0 Å². The van der Waals surface area contributed by atoms with E-state index in [1.165, 1.54) is 6.08 Å². The van der Waals surface area contributed by atoms with Gasteiger partial charge in [0.2, 0.25) is 0 Å². The molecule has 0 fully saturated rings. The number of cyclic esters (lactones) is 2. The number of rotatable bonds is 1. The molecule has 4 heteroatoms. The summed E-state index contributed by atoms with van der Waals surface area (Å²) in [5, 5.41) is 0. The van der Waals surface area contributed by atoms with Crippen LogP contribution in [0.15, 0.2) is 28.7 Å². The second kappa shape index (κ2) is 3.62. The van der Waals surface area contributed by atoms with Gasteiger partial charge in [-0.2, -0.15) is 0 Å². The summed E-state index contributed by atoms with van der Waals surface area (Å²) in [4.78, 5) is 22.2. The highest BCUT2D eigenvalue weighted by Gasteiger charge is 2.25. The maximum absolute atomic E-state index is 11.3. The molecule has 1 aromatic rings. The van der Waals surface area contributed by atoms with E-state index >= 15 is 0 Å². The van der Waals surface area contributed by atoms with Gasteiger partial charge in [-0.1, -0.05) is 22.0 Å². The fraction of sp³-hybridized carbons (Fsp3) is 0.0909. The quantitative estimate of drug-likeness (QED) is 0.578. The molecule has 0 amide bonds. The predicted molar refractivity (Wildman–Crippen MR) is 58.0 cm³/mol. The van der Waals surface area contributed by atoms with Gasteiger partial charge in [0.25, 0.3) is 0 Å². The lowest BCUT2D eigenvalue weighted by atomic mass is 10.0. The summed E-state index contributed by atoms with van der Waals surface area (Å²) in [7, 11) is 0. The molecule has 0 atom stereocenters. The second-order valence-corrected chi connectivity index (χ2v) is 4.14. The molecular weight excluding hydrogens is 260 g/mol. The largest absolute Gasteiger partial charge is 0.386 e. The van der Waals surface area contributed by atoms with Gasteiger partial charge < -0.3 is 4.74 Å². The minimum absolute atomic E-state index is 0.324. The van der Waals surface area contributed by atoms with Crippen LogP contribution in [-0.2, 0) is 14.3 Å². The number of carbonyl (C=O) groups is 2. The first kappa shape index (κ1) is 10.1. The van der Waals surface area contributed by atoms with Crippen molar-refractivity contribution in [3.05, 3.63) is 39.9 Å². The average molecular weight is 267 g/mol. The first-order valence-electron chi connectivity index (χ1n) is 4.32. The summed E-state index contributed by atoms with van der Waals surface area (Å²) in [5.41, 5.74) is 1.97. The smallest absolute Gasteiger partial charge is 0.346 e. The Balaban J connectivity index is 2.51. The van der Waals surface area contributed by atoms with Gasteiger partial charge in [0, 0.05) is 10.5 Å². The van der Waals surface area contributed by atoms with Crippen LogP contribution in [0.5, 0.6) is 0 Å². The SMILES string of the molecule is Cc1cc(Br)ccc1C1=CC(=O)OC1=O. The molecule has 15 heavy (non-hydrogen) atoms. The summed E-state index contributed by atoms with van der Waals surface area (Å²) in [6.07, 6.45) is 1.22. The molecule has 0 spiro atoms. The van der Waals surface area contributed by atoms with E-state index in [2.05, 4.69) is 20.7 Å². The fourth-order valence-corrected chi connectivity index (χ4v) is 1.95. The van der Waals surface area contributed by atoms with Crippen molar-refractivity contribution in [3.63, 3.8) is 0 Å². The van der Waals surface area contributed by atoms with Crippen molar-refractivity contribution in [2.75, 3.05) is 0 Å². The Hall–Kier alpha value is -1.42. The van der Waals surface area contributed by atoms with Crippen molar-refractivity contribution < 1.29 is 14.3 Å². The van der Waals surface area contributed by atoms with E-state index < -0.39 is 11.9 Å². The lowest BCUT2D eigenvalue weighted by Gasteiger charge is -2.04. The molecule has 1 aliphatic heterocycles. The van der Waals surface area contributed by atoms with Crippen molar-refractivity contribution >= 4 is 33.4 Å². The van der Waals surface area contributed by atoms with Crippen LogP contribution in [0.3, 0.4) is 0 Å². The summed E-state index contributed by atoms with van der Waals surface area (Å²) < 4.78 is 5.36. The number of hydrogen-bond acceptors (Lipinski definition) is 3. The maximum Gasteiger partial charge on any atom is 0.346 e. The number of hydrogen-bond donors (Lipinski definition) is 0. The highest BCUT2D eigenvalue weighted by atomic mass is 79.9. The lowest BCUT2D eigenvalue weighted by molar-refractivity contribution is -0.149. The molecule has 0 bridgehead atoms. The van der Waals surface area contributed by atoms with Gasteiger partial charge in [0.15, 0.2) is 0 Å². The Kier molecular flexibility index (Phi) is 2.44. The van der Waals surface area contributed by atoms with Crippen LogP contribution in [0.1, 0.15) is 11.1 Å². The van der Waals surface area contributed by atoms with Crippen LogP contribution in [-0.4, -0.2) is 11.9 Å². The van der Waals surface area contributed by atoms with Crippen molar-refractivity contribution in [2.45, 2.75) is 6.92 Å². The Bertz CT molecular complexity index is 489. The first-order chi connectivity index (χ1) is 7.08. The Morgan fingerprint density at radius 1 is 1.27 bits per heavy atom. The van der Waals surface area contributed by atoms with Crippen molar-refractivity contribution in [1.82, 2.24) is 0 Å². The number of aryl methyl sites for hydroxylation is 1. The van der Waals surface area contributed by atoms with E-state index in [9.17, 15) is 9.59 Å². The third kappa shape index (κ3) is 1.85. The Labute approximate surface area is 94.9 Å². The van der Waals surface area contributed by atoms with E-state index in [0.29, 0.717) is 5.57 Å². The number of carbonyl (C=O) groups excluding carboxylic acids is 2. The van der Waals surface area contributed by atoms with Crippen LogP contribution in [0, 0.1) is 6.92 Å². The molecule has 76 valence electrons. The highest BCUT2D eigenvalue weighted by molar-refractivity contribution is 9.10. The molecule has 2 rings (SSSR count). The van der Waals surface area contributed by atoms with E-state index in [1.54, 1.807) is 6.07 Å². The minimum Gasteiger partial charge on any atom is -0.386 e. The molecule has 0 radical (unpaired) electrons. The zero-order chi connectivity index (χ0) is 11.0. The number of benzene rings is 1. The normalized spacial score (nSPS) is 15.2. The van der Waals surface area contributed by atoms with Crippen molar-refractivity contribution in [2.24, 2.45) is 0 Å². The van der Waals surface area contributed by atoms with Gasteiger partial charge in [-0.25, -0.2) is 9.59 Å². The molecule has 0 N–H and O–H groups in total. The lowest BCUT2D eigenvalue weighted by Crippen LogP contribution is -2.02. The fourth-order valence-electron chi connectivity index (χ4n) is 1.47. The Morgan fingerprint density at radius 3 is 2.53 bits per heavy atom. The van der Waals surface area contributed by atoms with Gasteiger partial charge in [-0.05, 0) is 30.2 Å². The van der Waals surface area contributed by atoms with Gasteiger partial charge in [-0.15, -0.1) is 0 Å². The van der Waals surface area contributed by atoms with E-state index in [0.717, 1.165) is 15.6 Å². The van der Waals surface area contributed by atoms with Crippen molar-refractivity contribution in [1.29, 1.82) is 0 Å². The summed E-state index contributed by atoms with van der Waals surface area (Å²) in [6, 6.07) is 5.48. The van der Waals surface area contributed by atoms with Gasteiger partial charge in [-0.3, -0.25) is 0 Å². The molecule has 0 saturated heterocycles. The third-order valence-electron chi connectivity index (χ3n) is 2.15. The van der Waals surface area contributed by atoms with Crippen LogP contribution in [0.25, 0.3) is 5.57 Å². The molecule has 1 aromatic carbocycles. The van der Waals surface area contributed by atoms with Gasteiger partial charge in [0.05, 0.1) is 5.57 Å². The van der Waals surface area contributed by atoms with Gasteiger partial charge >= 0.3 is 11.9 Å². The summed E-state index contributed by atoms with van der Waals surface area (Å²) >= 11 is 3.33. The molecule has 0 saturated carbocycles. The zero-order valence-corrected chi connectivity index (χ0v) is 9.50. The number of halogens is 1. The monoisotopic (exact) mass is 266 g/mol. The van der Waals surface area contributed by atoms with E-state index in [1.807, 2.05) is 19.1 Å². The molecular formula is C11H7BrO3. The first-order valence-corrected chi connectivity index (χ1v) is 5.11. The number of esters is 2. The molecule has 0 aliphatic carbocycles. The molecule has 0 aromatic heterocycles. The van der Waals surface area contributed by atoms with Crippen LogP contribution < -0.4 is 0 Å². The molecule has 3 nitrogen and oxygen atoms in total. The summed E-state index contributed by atoms with van der Waals surface area (Å²) in [6.45, 7) is 1.87. The van der Waals surface area contributed by atoms with Crippen molar-refractivity contribution in [3.8, 4) is 0 Å². The van der Waals surface area contributed by atoms with Crippen LogP contribution in [0.2, 0.25) is 0 Å². The minimum atomic E-state index is -0.600. The topological polar surface area (TPSA) is 43.4 Å². The van der Waals surface area contributed by atoms with Crippen LogP contribution >= 0.6 is 15.9 Å². The summed E-state index contributed by atoms with van der Waals surface area (Å²) in [5.74, 6) is -1.18. The predicted octanol–water partition coefficient (Wildman–Crippen LogP) is 2.22.